The summed E-state index contributed by atoms with van der Waals surface area (Å²) in [6.45, 7) is 5.80. The molecule has 0 radical (unpaired) electrons. The van der Waals surface area contributed by atoms with Gasteiger partial charge in [-0.05, 0) is 43.9 Å². The summed E-state index contributed by atoms with van der Waals surface area (Å²) in [5.41, 5.74) is 0.221. The minimum atomic E-state index is -0.899. The lowest BCUT2D eigenvalue weighted by Gasteiger charge is -2.04. The van der Waals surface area contributed by atoms with Crippen molar-refractivity contribution in [3.05, 3.63) is 29.2 Å². The molecule has 0 aliphatic rings. The third kappa shape index (κ3) is 8.02. The Morgan fingerprint density at radius 1 is 1.27 bits per heavy atom. The molecule has 0 aliphatic carbocycles. The van der Waals surface area contributed by atoms with Gasteiger partial charge in [0.1, 0.15) is 11.9 Å². The Balaban J connectivity index is 0.000000763. The lowest BCUT2D eigenvalue weighted by molar-refractivity contribution is -0.382. The SMILES string of the molecule is CCC(C)OC(=O)[N+](=O)c1ccc(OC)cc1.CCCSC. The molecule has 5 nitrogen and oxygen atoms in total. The second-order valence-electron chi connectivity index (χ2n) is 4.59. The molecule has 0 aromatic heterocycles. The summed E-state index contributed by atoms with van der Waals surface area (Å²) in [7, 11) is 1.53. The minimum absolute atomic E-state index is 0.221. The molecule has 1 unspecified atom stereocenters. The maximum atomic E-state index is 11.6. The Morgan fingerprint density at radius 2 is 1.86 bits per heavy atom. The zero-order valence-corrected chi connectivity index (χ0v) is 14.8. The van der Waals surface area contributed by atoms with E-state index in [1.165, 1.54) is 31.4 Å². The molecule has 1 aromatic rings. The maximum absolute atomic E-state index is 11.6. The van der Waals surface area contributed by atoms with E-state index in [0.29, 0.717) is 12.2 Å². The highest BCUT2D eigenvalue weighted by Gasteiger charge is 2.29. The Morgan fingerprint density at radius 3 is 2.23 bits per heavy atom. The molecule has 0 spiro atoms. The number of ether oxygens (including phenoxy) is 2. The van der Waals surface area contributed by atoms with Gasteiger partial charge in [0, 0.05) is 17.0 Å². The van der Waals surface area contributed by atoms with Crippen molar-refractivity contribution in [2.75, 3.05) is 19.1 Å². The van der Waals surface area contributed by atoms with Gasteiger partial charge in [-0.1, -0.05) is 13.8 Å². The summed E-state index contributed by atoms with van der Waals surface area (Å²) < 4.78 is 10.1. The third-order valence-electron chi connectivity index (χ3n) is 2.76. The fourth-order valence-electron chi connectivity index (χ4n) is 1.33. The van der Waals surface area contributed by atoms with Crippen LogP contribution in [0.3, 0.4) is 0 Å². The van der Waals surface area contributed by atoms with Crippen LogP contribution in [0.5, 0.6) is 5.75 Å². The van der Waals surface area contributed by atoms with Crippen LogP contribution < -0.4 is 4.74 Å². The summed E-state index contributed by atoms with van der Waals surface area (Å²) in [5.74, 6) is 1.93. The number of carbonyl (C=O) groups is 1. The van der Waals surface area contributed by atoms with Crippen LogP contribution in [0.1, 0.15) is 33.6 Å². The van der Waals surface area contributed by atoms with Crippen molar-refractivity contribution in [2.24, 2.45) is 0 Å². The number of hydrogen-bond donors (Lipinski definition) is 0. The maximum Gasteiger partial charge on any atom is 0.651 e. The first-order chi connectivity index (χ1) is 10.5. The fraction of sp³-hybridized carbons (Fsp3) is 0.562. The summed E-state index contributed by atoms with van der Waals surface area (Å²) in [6.07, 6.45) is 2.94. The van der Waals surface area contributed by atoms with Crippen LogP contribution in [0.25, 0.3) is 0 Å². The van der Waals surface area contributed by atoms with Crippen LogP contribution >= 0.6 is 11.8 Å². The third-order valence-corrected chi connectivity index (χ3v) is 3.57. The van der Waals surface area contributed by atoms with E-state index in [1.807, 2.05) is 18.7 Å². The van der Waals surface area contributed by atoms with Gasteiger partial charge in [-0.25, -0.2) is 0 Å². The van der Waals surface area contributed by atoms with Crippen LogP contribution in [0.4, 0.5) is 10.5 Å². The number of benzene rings is 1. The fourth-order valence-corrected chi connectivity index (χ4v) is 1.74. The molecule has 0 N–H and O–H groups in total. The molecule has 1 atom stereocenters. The van der Waals surface area contributed by atoms with Gasteiger partial charge >= 0.3 is 6.09 Å². The number of methoxy groups -OCH3 is 1. The molecule has 124 valence electrons. The highest BCUT2D eigenvalue weighted by atomic mass is 32.2. The number of carbonyl (C=O) groups excluding carboxylic acids is 1. The quantitative estimate of drug-likeness (QED) is 0.702. The number of hydrogen-bond acceptors (Lipinski definition) is 5. The molecular formula is C16H26NO4S+. The molecule has 0 heterocycles. The van der Waals surface area contributed by atoms with Gasteiger partial charge in [0.15, 0.2) is 4.76 Å². The van der Waals surface area contributed by atoms with Crippen molar-refractivity contribution in [1.82, 2.24) is 0 Å². The Kier molecular flexibility index (Phi) is 11.2. The van der Waals surface area contributed by atoms with E-state index < -0.39 is 6.09 Å². The number of nitroso groups, excluding NO2 is 1. The van der Waals surface area contributed by atoms with Gasteiger partial charge in [0.2, 0.25) is 0 Å². The average Bonchev–Trinajstić information content (AvgIpc) is 2.55. The molecule has 1 rings (SSSR count). The molecule has 6 heteroatoms. The predicted molar refractivity (Wildman–Crippen MR) is 91.2 cm³/mol. The first-order valence-corrected chi connectivity index (χ1v) is 8.70. The van der Waals surface area contributed by atoms with Gasteiger partial charge in [-0.3, -0.25) is 0 Å². The summed E-state index contributed by atoms with van der Waals surface area (Å²) in [5, 5.41) is 0. The van der Waals surface area contributed by atoms with Crippen LogP contribution in [-0.2, 0) is 4.74 Å². The van der Waals surface area contributed by atoms with Crippen LogP contribution in [-0.4, -0.2) is 36.1 Å². The second kappa shape index (κ2) is 12.0. The molecule has 0 bridgehead atoms. The lowest BCUT2D eigenvalue weighted by atomic mass is 10.3. The smallest absolute Gasteiger partial charge is 0.497 e. The van der Waals surface area contributed by atoms with Crippen molar-refractivity contribution in [3.8, 4) is 5.75 Å². The van der Waals surface area contributed by atoms with E-state index >= 15 is 0 Å². The van der Waals surface area contributed by atoms with Gasteiger partial charge in [0.25, 0.3) is 5.69 Å². The first kappa shape index (κ1) is 20.4. The molecule has 1 aromatic carbocycles. The van der Waals surface area contributed by atoms with Gasteiger partial charge in [-0.15, -0.1) is 0 Å². The van der Waals surface area contributed by atoms with Crippen molar-refractivity contribution in [2.45, 2.75) is 39.7 Å². The first-order valence-electron chi connectivity index (χ1n) is 7.30. The van der Waals surface area contributed by atoms with Crippen molar-refractivity contribution < 1.29 is 19.0 Å². The average molecular weight is 328 g/mol. The van der Waals surface area contributed by atoms with Crippen LogP contribution in [0.2, 0.25) is 0 Å². The molecule has 22 heavy (non-hydrogen) atoms. The number of thioether (sulfide) groups is 1. The van der Waals surface area contributed by atoms with Gasteiger partial charge < -0.3 is 9.47 Å². The second-order valence-corrected chi connectivity index (χ2v) is 5.57. The number of amides is 1. The molecular weight excluding hydrogens is 302 g/mol. The van der Waals surface area contributed by atoms with Gasteiger partial charge in [-0.2, -0.15) is 16.6 Å². The number of nitrogens with zero attached hydrogens (tertiary/aromatic N) is 1. The molecule has 0 fully saturated rings. The largest absolute Gasteiger partial charge is 0.651 e. The highest BCUT2D eigenvalue weighted by molar-refractivity contribution is 7.98. The lowest BCUT2D eigenvalue weighted by Crippen LogP contribution is -2.20. The van der Waals surface area contributed by atoms with E-state index in [9.17, 15) is 9.70 Å². The van der Waals surface area contributed by atoms with Crippen LogP contribution in [0.15, 0.2) is 24.3 Å². The molecule has 0 saturated carbocycles. The zero-order chi connectivity index (χ0) is 17.0. The van der Waals surface area contributed by atoms with E-state index in [4.69, 9.17) is 9.47 Å². The van der Waals surface area contributed by atoms with Gasteiger partial charge in [0.05, 0.1) is 7.11 Å². The van der Waals surface area contributed by atoms with E-state index in [2.05, 4.69) is 13.2 Å². The Bertz CT molecular complexity index is 446. The van der Waals surface area contributed by atoms with E-state index in [-0.39, 0.29) is 16.6 Å². The minimum Gasteiger partial charge on any atom is -0.497 e. The monoisotopic (exact) mass is 328 g/mol. The molecule has 1 amide bonds. The summed E-state index contributed by atoms with van der Waals surface area (Å²) >= 11 is 1.90. The van der Waals surface area contributed by atoms with E-state index in [0.717, 1.165) is 0 Å². The predicted octanol–water partition coefficient (Wildman–Crippen LogP) is 4.80. The Labute approximate surface area is 137 Å². The highest BCUT2D eigenvalue weighted by Crippen LogP contribution is 2.18. The van der Waals surface area contributed by atoms with Crippen LogP contribution in [0, 0.1) is 4.91 Å². The topological polar surface area (TPSA) is 55.6 Å². The summed E-state index contributed by atoms with van der Waals surface area (Å²) in [6, 6.07) is 6.22. The standard InChI is InChI=1S/C12H16NO4.C4H10S/c1-4-9(2)17-12(14)13(15)10-5-7-11(16-3)8-6-10;1-3-4-5-2/h5-9H,4H2,1-3H3;3-4H2,1-2H3/q+1;. The molecule has 0 aliphatic heterocycles. The van der Waals surface area contributed by atoms with Crippen molar-refractivity contribution in [3.63, 3.8) is 0 Å². The molecule has 0 saturated heterocycles. The Hall–Kier alpha value is -1.56. The van der Waals surface area contributed by atoms with E-state index in [1.54, 1.807) is 19.1 Å². The van der Waals surface area contributed by atoms with Crippen molar-refractivity contribution >= 4 is 23.5 Å². The van der Waals surface area contributed by atoms with Crippen molar-refractivity contribution in [1.29, 1.82) is 0 Å². The zero-order valence-electron chi connectivity index (χ0n) is 14.0. The normalized spacial score (nSPS) is 11.0. The number of rotatable bonds is 6. The summed E-state index contributed by atoms with van der Waals surface area (Å²) in [4.78, 5) is 23.0.